The number of nitrogens with two attached hydrogens (primary N) is 1. The highest BCUT2D eigenvalue weighted by atomic mass is 32.1. The zero-order valence-electron chi connectivity index (χ0n) is 10.8. The largest absolute Gasteiger partial charge is 0.497 e. The summed E-state index contributed by atoms with van der Waals surface area (Å²) in [4.78, 5) is 0. The summed E-state index contributed by atoms with van der Waals surface area (Å²) in [5.41, 5.74) is 8.37. The second-order valence-corrected chi connectivity index (χ2v) is 5.56. The zero-order valence-corrected chi connectivity index (χ0v) is 11.7. The number of aromatic nitrogens is 1. The standard InChI is InChI=1S/C14H17N3OS/c1-18-11-6-2-9(3-7-11)8-16-14-12(10-4-5-10)13(15)17-19-14/h2-3,6-7,10,16H,4-5,8H2,1H3,(H2,15,17). The fourth-order valence-corrected chi connectivity index (χ4v) is 2.92. The van der Waals surface area contributed by atoms with Gasteiger partial charge in [-0.2, -0.15) is 4.37 Å². The number of benzene rings is 1. The van der Waals surface area contributed by atoms with Gasteiger partial charge in [0.2, 0.25) is 0 Å². The van der Waals surface area contributed by atoms with Crippen LogP contribution in [0.3, 0.4) is 0 Å². The van der Waals surface area contributed by atoms with Crippen molar-refractivity contribution in [2.75, 3.05) is 18.2 Å². The molecule has 3 N–H and O–H groups in total. The lowest BCUT2D eigenvalue weighted by Crippen LogP contribution is -2.00. The van der Waals surface area contributed by atoms with Crippen LogP contribution in [-0.4, -0.2) is 11.5 Å². The summed E-state index contributed by atoms with van der Waals surface area (Å²) in [6.07, 6.45) is 2.47. The Labute approximate surface area is 116 Å². The molecule has 0 bridgehead atoms. The van der Waals surface area contributed by atoms with E-state index < -0.39 is 0 Å². The van der Waals surface area contributed by atoms with E-state index in [0.717, 1.165) is 17.3 Å². The normalized spacial score (nSPS) is 14.4. The van der Waals surface area contributed by atoms with Gasteiger partial charge in [-0.1, -0.05) is 12.1 Å². The van der Waals surface area contributed by atoms with Gasteiger partial charge in [-0.25, -0.2) is 0 Å². The molecular weight excluding hydrogens is 258 g/mol. The second kappa shape index (κ2) is 5.09. The van der Waals surface area contributed by atoms with Crippen LogP contribution in [0.2, 0.25) is 0 Å². The van der Waals surface area contributed by atoms with Gasteiger partial charge in [-0.05, 0) is 48.0 Å². The number of hydrogen-bond donors (Lipinski definition) is 2. The molecule has 1 aliphatic carbocycles. The van der Waals surface area contributed by atoms with E-state index in [9.17, 15) is 0 Å². The van der Waals surface area contributed by atoms with Crippen LogP contribution in [0.15, 0.2) is 24.3 Å². The smallest absolute Gasteiger partial charge is 0.142 e. The topological polar surface area (TPSA) is 60.2 Å². The number of nitrogen functional groups attached to an aromatic ring is 1. The number of nitrogens with zero attached hydrogens (tertiary/aromatic N) is 1. The van der Waals surface area contributed by atoms with Crippen LogP contribution in [0.1, 0.15) is 29.9 Å². The SMILES string of the molecule is COc1ccc(CNc2snc(N)c2C2CC2)cc1. The van der Waals surface area contributed by atoms with Gasteiger partial charge >= 0.3 is 0 Å². The predicted molar refractivity (Wildman–Crippen MR) is 78.8 cm³/mol. The Kier molecular flexibility index (Phi) is 3.29. The minimum absolute atomic E-state index is 0.622. The Morgan fingerprint density at radius 1 is 1.37 bits per heavy atom. The molecule has 4 nitrogen and oxygen atoms in total. The molecule has 0 unspecified atom stereocenters. The maximum absolute atomic E-state index is 5.93. The van der Waals surface area contributed by atoms with Gasteiger partial charge < -0.3 is 15.8 Å². The van der Waals surface area contributed by atoms with E-state index in [-0.39, 0.29) is 0 Å². The van der Waals surface area contributed by atoms with Crippen molar-refractivity contribution in [3.63, 3.8) is 0 Å². The molecule has 0 spiro atoms. The lowest BCUT2D eigenvalue weighted by Gasteiger charge is -2.07. The Hall–Kier alpha value is -1.75. The highest BCUT2D eigenvalue weighted by Crippen LogP contribution is 2.47. The lowest BCUT2D eigenvalue weighted by molar-refractivity contribution is 0.414. The molecule has 1 fully saturated rings. The second-order valence-electron chi connectivity index (χ2n) is 4.79. The van der Waals surface area contributed by atoms with Gasteiger partial charge in [-0.3, -0.25) is 0 Å². The maximum atomic E-state index is 5.93. The van der Waals surface area contributed by atoms with Crippen LogP contribution in [0.25, 0.3) is 0 Å². The number of nitrogens with one attached hydrogen (secondary N) is 1. The van der Waals surface area contributed by atoms with Crippen LogP contribution in [0, 0.1) is 0 Å². The molecule has 100 valence electrons. The molecule has 1 aromatic carbocycles. The molecule has 0 saturated heterocycles. The molecule has 1 saturated carbocycles. The van der Waals surface area contributed by atoms with E-state index in [1.165, 1.54) is 35.5 Å². The van der Waals surface area contributed by atoms with Crippen LogP contribution in [0.5, 0.6) is 5.75 Å². The fourth-order valence-electron chi connectivity index (χ4n) is 2.13. The molecular formula is C14H17N3OS. The van der Waals surface area contributed by atoms with Crippen molar-refractivity contribution >= 4 is 22.4 Å². The van der Waals surface area contributed by atoms with E-state index in [0.29, 0.717) is 11.7 Å². The third-order valence-electron chi connectivity index (χ3n) is 3.35. The van der Waals surface area contributed by atoms with Gasteiger partial charge in [0, 0.05) is 12.1 Å². The molecule has 0 aliphatic heterocycles. The Morgan fingerprint density at radius 2 is 2.11 bits per heavy atom. The fraction of sp³-hybridized carbons (Fsp3) is 0.357. The maximum Gasteiger partial charge on any atom is 0.142 e. The summed E-state index contributed by atoms with van der Waals surface area (Å²) in [7, 11) is 1.68. The summed E-state index contributed by atoms with van der Waals surface area (Å²) < 4.78 is 9.40. The van der Waals surface area contributed by atoms with Gasteiger partial charge in [0.15, 0.2) is 0 Å². The van der Waals surface area contributed by atoms with Crippen LogP contribution in [0.4, 0.5) is 10.8 Å². The molecule has 1 aromatic heterocycles. The molecule has 0 radical (unpaired) electrons. The van der Waals surface area contributed by atoms with E-state index >= 15 is 0 Å². The Balaban J connectivity index is 1.68. The van der Waals surface area contributed by atoms with Gasteiger partial charge in [0.25, 0.3) is 0 Å². The Morgan fingerprint density at radius 3 is 2.74 bits per heavy atom. The lowest BCUT2D eigenvalue weighted by atomic mass is 10.2. The van der Waals surface area contributed by atoms with Crippen molar-refractivity contribution in [1.82, 2.24) is 4.37 Å². The molecule has 3 rings (SSSR count). The van der Waals surface area contributed by atoms with Crippen molar-refractivity contribution < 1.29 is 4.74 Å². The summed E-state index contributed by atoms with van der Waals surface area (Å²) in [6.45, 7) is 0.783. The third-order valence-corrected chi connectivity index (χ3v) is 4.19. The first-order chi connectivity index (χ1) is 9.28. The van der Waals surface area contributed by atoms with Crippen LogP contribution < -0.4 is 15.8 Å². The van der Waals surface area contributed by atoms with Gasteiger partial charge in [0.1, 0.15) is 16.6 Å². The van der Waals surface area contributed by atoms with Crippen molar-refractivity contribution in [3.8, 4) is 5.75 Å². The van der Waals surface area contributed by atoms with E-state index in [1.54, 1.807) is 7.11 Å². The average molecular weight is 275 g/mol. The first-order valence-corrected chi connectivity index (χ1v) is 7.17. The predicted octanol–water partition coefficient (Wildman–Crippen LogP) is 3.22. The summed E-state index contributed by atoms with van der Waals surface area (Å²) >= 11 is 1.46. The van der Waals surface area contributed by atoms with Gasteiger partial charge in [-0.15, -0.1) is 0 Å². The number of ether oxygens (including phenoxy) is 1. The van der Waals surface area contributed by atoms with Crippen molar-refractivity contribution in [2.45, 2.75) is 25.3 Å². The minimum Gasteiger partial charge on any atom is -0.497 e. The first kappa shape index (κ1) is 12.3. The molecule has 0 atom stereocenters. The first-order valence-electron chi connectivity index (χ1n) is 6.39. The summed E-state index contributed by atoms with van der Waals surface area (Å²) in [5.74, 6) is 2.20. The van der Waals surface area contributed by atoms with Crippen LogP contribution in [-0.2, 0) is 6.54 Å². The number of methoxy groups -OCH3 is 1. The van der Waals surface area contributed by atoms with Crippen molar-refractivity contribution in [3.05, 3.63) is 35.4 Å². The minimum atomic E-state index is 0.622. The summed E-state index contributed by atoms with van der Waals surface area (Å²) in [6, 6.07) is 8.07. The monoisotopic (exact) mass is 275 g/mol. The number of anilines is 2. The quantitative estimate of drug-likeness (QED) is 0.879. The van der Waals surface area contributed by atoms with Crippen molar-refractivity contribution in [1.29, 1.82) is 0 Å². The average Bonchev–Trinajstić information content (AvgIpc) is 3.21. The van der Waals surface area contributed by atoms with Crippen molar-refractivity contribution in [2.24, 2.45) is 0 Å². The summed E-state index contributed by atoms with van der Waals surface area (Å²) in [5, 5.41) is 4.57. The Bertz CT molecular complexity index is 561. The van der Waals surface area contributed by atoms with Crippen LogP contribution >= 0.6 is 11.5 Å². The number of hydrogen-bond acceptors (Lipinski definition) is 5. The van der Waals surface area contributed by atoms with E-state index in [1.807, 2.05) is 12.1 Å². The molecule has 0 amide bonds. The third kappa shape index (κ3) is 2.66. The highest BCUT2D eigenvalue weighted by Gasteiger charge is 2.30. The van der Waals surface area contributed by atoms with E-state index in [2.05, 4.69) is 21.8 Å². The van der Waals surface area contributed by atoms with E-state index in [4.69, 9.17) is 10.5 Å². The van der Waals surface area contributed by atoms with Gasteiger partial charge in [0.05, 0.1) is 7.11 Å². The molecule has 19 heavy (non-hydrogen) atoms. The molecule has 5 heteroatoms. The highest BCUT2D eigenvalue weighted by molar-refractivity contribution is 7.10. The zero-order chi connectivity index (χ0) is 13.2. The molecule has 1 heterocycles. The number of rotatable bonds is 5. The molecule has 1 aliphatic rings. The molecule has 2 aromatic rings.